The molecule has 0 aliphatic carbocycles. The predicted molar refractivity (Wildman–Crippen MR) is 66.2 cm³/mol. The van der Waals surface area contributed by atoms with Gasteiger partial charge in [0.1, 0.15) is 5.01 Å². The van der Waals surface area contributed by atoms with E-state index < -0.39 is 0 Å². The molecule has 1 heterocycles. The average molecular weight is 227 g/mol. The van der Waals surface area contributed by atoms with Crippen LogP contribution in [0, 0.1) is 0 Å². The number of nitrogens with zero attached hydrogens (tertiary/aromatic N) is 1. The number of hydrogen-bond donors (Lipinski definition) is 2. The molecule has 1 aromatic heterocycles. The Morgan fingerprint density at radius 3 is 2.80 bits per heavy atom. The van der Waals surface area contributed by atoms with Crippen molar-refractivity contribution in [3.63, 3.8) is 0 Å². The van der Waals surface area contributed by atoms with Gasteiger partial charge in [-0.3, -0.25) is 0 Å². The summed E-state index contributed by atoms with van der Waals surface area (Å²) >= 11 is 1.79. The molecule has 1 rings (SSSR count). The molecule has 2 atom stereocenters. The van der Waals surface area contributed by atoms with Gasteiger partial charge in [-0.2, -0.15) is 0 Å². The van der Waals surface area contributed by atoms with E-state index in [2.05, 4.69) is 31.1 Å². The first-order chi connectivity index (χ1) is 7.17. The minimum atomic E-state index is 0.248. The Labute approximate surface area is 96.1 Å². The van der Waals surface area contributed by atoms with E-state index in [0.717, 1.165) is 24.4 Å². The second kappa shape index (κ2) is 6.20. The molecule has 0 bridgehead atoms. The van der Waals surface area contributed by atoms with Crippen molar-refractivity contribution in [2.45, 2.75) is 45.7 Å². The van der Waals surface area contributed by atoms with Crippen LogP contribution in [-0.2, 0) is 6.42 Å². The fourth-order valence-electron chi connectivity index (χ4n) is 1.25. The number of thiazole rings is 1. The quantitative estimate of drug-likeness (QED) is 0.782. The predicted octanol–water partition coefficient (Wildman–Crippen LogP) is 2.09. The highest BCUT2D eigenvalue weighted by Crippen LogP contribution is 2.19. The van der Waals surface area contributed by atoms with Crippen LogP contribution in [0.5, 0.6) is 0 Å². The third kappa shape index (κ3) is 3.89. The van der Waals surface area contributed by atoms with Crippen molar-refractivity contribution in [2.24, 2.45) is 5.73 Å². The largest absolute Gasteiger partial charge is 0.327 e. The minimum absolute atomic E-state index is 0.248. The molecule has 2 unspecified atom stereocenters. The summed E-state index contributed by atoms with van der Waals surface area (Å²) < 4.78 is 0. The summed E-state index contributed by atoms with van der Waals surface area (Å²) in [6, 6.07) is 0.561. The number of rotatable bonds is 6. The van der Waals surface area contributed by atoms with Gasteiger partial charge in [-0.25, -0.2) is 4.98 Å². The smallest absolute Gasteiger partial charge is 0.109 e. The van der Waals surface area contributed by atoms with Gasteiger partial charge in [0.2, 0.25) is 0 Å². The Hall–Kier alpha value is -0.450. The summed E-state index contributed by atoms with van der Waals surface area (Å²) in [5.74, 6) is 0. The maximum Gasteiger partial charge on any atom is 0.109 e. The lowest BCUT2D eigenvalue weighted by molar-refractivity contribution is 0.507. The van der Waals surface area contributed by atoms with E-state index in [1.165, 1.54) is 4.88 Å². The molecule has 0 aromatic carbocycles. The van der Waals surface area contributed by atoms with Crippen molar-refractivity contribution in [1.29, 1.82) is 0 Å². The molecule has 0 amide bonds. The Balaban J connectivity index is 2.42. The molecular formula is C11H21N3S. The van der Waals surface area contributed by atoms with E-state index in [0.29, 0.717) is 6.04 Å². The van der Waals surface area contributed by atoms with Crippen molar-refractivity contribution < 1.29 is 0 Å². The summed E-state index contributed by atoms with van der Waals surface area (Å²) in [5, 5.41) is 4.57. The fourth-order valence-corrected chi connectivity index (χ4v) is 2.13. The summed E-state index contributed by atoms with van der Waals surface area (Å²) in [6.45, 7) is 7.26. The van der Waals surface area contributed by atoms with Gasteiger partial charge in [0.05, 0.1) is 6.04 Å². The average Bonchev–Trinajstić information content (AvgIpc) is 2.73. The molecule has 3 nitrogen and oxygen atoms in total. The highest BCUT2D eigenvalue weighted by atomic mass is 32.1. The zero-order valence-electron chi connectivity index (χ0n) is 9.79. The Morgan fingerprint density at radius 1 is 1.53 bits per heavy atom. The second-order valence-corrected chi connectivity index (χ2v) is 4.96. The molecule has 0 aliphatic rings. The molecule has 15 heavy (non-hydrogen) atoms. The molecular weight excluding hydrogens is 206 g/mol. The Bertz CT molecular complexity index is 285. The van der Waals surface area contributed by atoms with Crippen LogP contribution in [0.4, 0.5) is 0 Å². The summed E-state index contributed by atoms with van der Waals surface area (Å²) in [4.78, 5) is 5.75. The second-order valence-electron chi connectivity index (χ2n) is 3.82. The van der Waals surface area contributed by atoms with Gasteiger partial charge in [0.15, 0.2) is 0 Å². The molecule has 0 radical (unpaired) electrons. The van der Waals surface area contributed by atoms with Crippen LogP contribution >= 0.6 is 11.3 Å². The number of nitrogens with two attached hydrogens (primary N) is 1. The number of aromatic nitrogens is 1. The first-order valence-electron chi connectivity index (χ1n) is 5.60. The van der Waals surface area contributed by atoms with Crippen LogP contribution in [-0.4, -0.2) is 17.6 Å². The van der Waals surface area contributed by atoms with Gasteiger partial charge in [0.25, 0.3) is 0 Å². The number of nitrogens with one attached hydrogen (secondary N) is 1. The van der Waals surface area contributed by atoms with E-state index >= 15 is 0 Å². The van der Waals surface area contributed by atoms with E-state index in [1.54, 1.807) is 11.3 Å². The summed E-state index contributed by atoms with van der Waals surface area (Å²) in [5.41, 5.74) is 5.85. The maximum atomic E-state index is 5.85. The molecule has 0 aliphatic heterocycles. The van der Waals surface area contributed by atoms with E-state index in [4.69, 9.17) is 5.73 Å². The molecule has 1 aromatic rings. The lowest BCUT2D eigenvalue weighted by atomic mass is 10.2. The summed E-state index contributed by atoms with van der Waals surface area (Å²) in [6.07, 6.45) is 4.05. The van der Waals surface area contributed by atoms with Crippen LogP contribution in [0.1, 0.15) is 43.1 Å². The Morgan fingerprint density at radius 2 is 2.27 bits per heavy atom. The van der Waals surface area contributed by atoms with Gasteiger partial charge in [-0.05, 0) is 19.8 Å². The maximum absolute atomic E-state index is 5.85. The van der Waals surface area contributed by atoms with Crippen molar-refractivity contribution in [3.8, 4) is 0 Å². The van der Waals surface area contributed by atoms with E-state index in [9.17, 15) is 0 Å². The van der Waals surface area contributed by atoms with E-state index in [-0.39, 0.29) is 6.04 Å². The normalized spacial score (nSPS) is 15.2. The van der Waals surface area contributed by atoms with Crippen molar-refractivity contribution in [3.05, 3.63) is 16.1 Å². The fraction of sp³-hybridized carbons (Fsp3) is 0.727. The lowest BCUT2D eigenvalue weighted by Crippen LogP contribution is -2.34. The third-order valence-corrected chi connectivity index (χ3v) is 3.83. The zero-order chi connectivity index (χ0) is 11.3. The minimum Gasteiger partial charge on any atom is -0.327 e. The van der Waals surface area contributed by atoms with Gasteiger partial charge < -0.3 is 11.1 Å². The highest BCUT2D eigenvalue weighted by Gasteiger charge is 2.10. The number of hydrogen-bond acceptors (Lipinski definition) is 4. The highest BCUT2D eigenvalue weighted by molar-refractivity contribution is 7.11. The van der Waals surface area contributed by atoms with Crippen LogP contribution in [0.3, 0.4) is 0 Å². The molecule has 3 N–H and O–H groups in total. The SMILES string of the molecule is CCc1cnc(C(C)NCC(N)CC)s1. The standard InChI is InChI=1S/C11H21N3S/c1-4-9(12)6-13-8(3)11-14-7-10(5-2)15-11/h7-9,13H,4-6,12H2,1-3H3. The molecule has 4 heteroatoms. The summed E-state index contributed by atoms with van der Waals surface area (Å²) in [7, 11) is 0. The lowest BCUT2D eigenvalue weighted by Gasteiger charge is -2.14. The van der Waals surface area contributed by atoms with Crippen molar-refractivity contribution >= 4 is 11.3 Å². The van der Waals surface area contributed by atoms with Gasteiger partial charge >= 0.3 is 0 Å². The first-order valence-corrected chi connectivity index (χ1v) is 6.42. The van der Waals surface area contributed by atoms with Gasteiger partial charge in [0, 0.05) is 23.7 Å². The van der Waals surface area contributed by atoms with E-state index in [1.807, 2.05) is 6.20 Å². The molecule has 0 saturated carbocycles. The van der Waals surface area contributed by atoms with Crippen molar-refractivity contribution in [1.82, 2.24) is 10.3 Å². The molecule has 0 saturated heterocycles. The Kier molecular flexibility index (Phi) is 5.22. The first kappa shape index (κ1) is 12.6. The van der Waals surface area contributed by atoms with Gasteiger partial charge in [-0.1, -0.05) is 13.8 Å². The topological polar surface area (TPSA) is 50.9 Å². The number of aryl methyl sites for hydroxylation is 1. The molecule has 0 fully saturated rings. The van der Waals surface area contributed by atoms with Crippen LogP contribution in [0.25, 0.3) is 0 Å². The van der Waals surface area contributed by atoms with Crippen LogP contribution in [0.15, 0.2) is 6.20 Å². The monoisotopic (exact) mass is 227 g/mol. The third-order valence-electron chi connectivity index (χ3n) is 2.50. The van der Waals surface area contributed by atoms with Crippen molar-refractivity contribution in [2.75, 3.05) is 6.54 Å². The van der Waals surface area contributed by atoms with Gasteiger partial charge in [-0.15, -0.1) is 11.3 Å². The van der Waals surface area contributed by atoms with Crippen LogP contribution < -0.4 is 11.1 Å². The van der Waals surface area contributed by atoms with Crippen LogP contribution in [0.2, 0.25) is 0 Å². The molecule has 86 valence electrons. The molecule has 0 spiro atoms. The zero-order valence-corrected chi connectivity index (χ0v) is 10.6.